The molecule has 0 bridgehead atoms. The maximum atomic E-state index is 12.5. The number of carbonyl (C=O) groups is 1. The summed E-state index contributed by atoms with van der Waals surface area (Å²) in [5.74, 6) is 1.74. The summed E-state index contributed by atoms with van der Waals surface area (Å²) in [4.78, 5) is 23.7. The third kappa shape index (κ3) is 4.61. The zero-order chi connectivity index (χ0) is 22.9. The van der Waals surface area contributed by atoms with Gasteiger partial charge in [0.2, 0.25) is 5.88 Å². The summed E-state index contributed by atoms with van der Waals surface area (Å²) >= 11 is 0. The number of nitrogens with zero attached hydrogens (tertiary/aromatic N) is 5. The van der Waals surface area contributed by atoms with Gasteiger partial charge in [0.05, 0.1) is 30.0 Å². The highest BCUT2D eigenvalue weighted by Gasteiger charge is 2.28. The molecule has 0 unspecified atom stereocenters. The number of ether oxygens (including phenoxy) is 2. The van der Waals surface area contributed by atoms with E-state index >= 15 is 0 Å². The number of fused-ring (bicyclic) bond motifs is 1. The van der Waals surface area contributed by atoms with Crippen molar-refractivity contribution in [2.24, 2.45) is 0 Å². The molecule has 1 N–H and O–H groups in total. The lowest BCUT2D eigenvalue weighted by atomic mass is 10.1. The Morgan fingerprint density at radius 3 is 2.81 bits per heavy atom. The van der Waals surface area contributed by atoms with E-state index < -0.39 is 5.60 Å². The van der Waals surface area contributed by atoms with Gasteiger partial charge in [0.1, 0.15) is 11.4 Å². The lowest BCUT2D eigenvalue weighted by molar-refractivity contribution is 0.0206. The van der Waals surface area contributed by atoms with Crippen LogP contribution in [-0.4, -0.2) is 62.4 Å². The number of piperidine rings is 1. The molecule has 1 atom stereocenters. The molecule has 1 fully saturated rings. The number of aromatic nitrogens is 4. The first-order valence-corrected chi connectivity index (χ1v) is 10.8. The van der Waals surface area contributed by atoms with Crippen LogP contribution in [0.15, 0.2) is 30.6 Å². The average Bonchev–Trinajstić information content (AvgIpc) is 3.18. The van der Waals surface area contributed by atoms with Gasteiger partial charge in [-0.05, 0) is 52.7 Å². The van der Waals surface area contributed by atoms with Crippen molar-refractivity contribution in [2.45, 2.75) is 52.2 Å². The minimum Gasteiger partial charge on any atom is -0.481 e. The largest absolute Gasteiger partial charge is 0.481 e. The fraction of sp³-hybridized carbons (Fsp3) is 0.478. The van der Waals surface area contributed by atoms with Gasteiger partial charge in [-0.3, -0.25) is 0 Å². The second kappa shape index (κ2) is 8.64. The first kappa shape index (κ1) is 21.9. The van der Waals surface area contributed by atoms with Crippen LogP contribution in [0.25, 0.3) is 16.9 Å². The van der Waals surface area contributed by atoms with E-state index in [2.05, 4.69) is 15.4 Å². The predicted molar refractivity (Wildman–Crippen MR) is 122 cm³/mol. The van der Waals surface area contributed by atoms with E-state index in [1.807, 2.05) is 52.1 Å². The Kier molecular flexibility index (Phi) is 5.90. The van der Waals surface area contributed by atoms with Crippen LogP contribution in [0.4, 0.5) is 10.6 Å². The van der Waals surface area contributed by atoms with Gasteiger partial charge in [0, 0.05) is 25.3 Å². The summed E-state index contributed by atoms with van der Waals surface area (Å²) in [6.07, 6.45) is 5.18. The highest BCUT2D eigenvalue weighted by Crippen LogP contribution is 2.30. The van der Waals surface area contributed by atoms with Crippen molar-refractivity contribution < 1.29 is 14.3 Å². The number of methoxy groups -OCH3 is 1. The number of amides is 1. The fourth-order valence-corrected chi connectivity index (χ4v) is 3.84. The molecule has 4 heterocycles. The van der Waals surface area contributed by atoms with Gasteiger partial charge in [0.15, 0.2) is 5.82 Å². The molecule has 4 rings (SSSR count). The quantitative estimate of drug-likeness (QED) is 0.660. The Morgan fingerprint density at radius 1 is 1.25 bits per heavy atom. The van der Waals surface area contributed by atoms with Crippen molar-refractivity contribution in [3.05, 3.63) is 36.2 Å². The molecule has 0 aromatic carbocycles. The molecule has 1 saturated heterocycles. The molecule has 0 spiro atoms. The highest BCUT2D eigenvalue weighted by atomic mass is 16.6. The van der Waals surface area contributed by atoms with E-state index in [0.29, 0.717) is 30.6 Å². The minimum atomic E-state index is -0.517. The Hall–Kier alpha value is -3.36. The number of nitrogens with one attached hydrogen (secondary N) is 1. The maximum Gasteiger partial charge on any atom is 0.410 e. The number of likely N-dealkylation sites (tertiary alicyclic amines) is 1. The first-order chi connectivity index (χ1) is 15.2. The van der Waals surface area contributed by atoms with E-state index in [9.17, 15) is 4.79 Å². The van der Waals surface area contributed by atoms with Gasteiger partial charge in [-0.25, -0.2) is 14.3 Å². The highest BCUT2D eigenvalue weighted by molar-refractivity contribution is 5.76. The summed E-state index contributed by atoms with van der Waals surface area (Å²) in [6, 6.07) is 5.90. The molecule has 170 valence electrons. The first-order valence-electron chi connectivity index (χ1n) is 10.8. The van der Waals surface area contributed by atoms with Crippen molar-refractivity contribution >= 4 is 17.4 Å². The second-order valence-electron chi connectivity index (χ2n) is 9.03. The third-order valence-corrected chi connectivity index (χ3v) is 5.38. The molecule has 3 aromatic rings. The molecule has 0 saturated carbocycles. The molecular formula is C23H30N6O3. The summed E-state index contributed by atoms with van der Waals surface area (Å²) in [6.45, 7) is 8.80. The van der Waals surface area contributed by atoms with E-state index in [1.165, 1.54) is 0 Å². The second-order valence-corrected chi connectivity index (χ2v) is 9.03. The molecule has 1 aliphatic rings. The van der Waals surface area contributed by atoms with Crippen LogP contribution in [-0.2, 0) is 4.74 Å². The number of anilines is 1. The standard InChI is InChI=1S/C23H30N6O3/c1-15-19(25-16-9-8-11-28(14-16)22(30)32-23(2,3)4)26-20(27-21(15)31-5)17-13-24-29-12-7-6-10-18(17)29/h6-7,10,12-13,16H,8-9,11,14H2,1-5H3,(H,25,26,27)/t16-/m1/s1. The van der Waals surface area contributed by atoms with Gasteiger partial charge < -0.3 is 19.7 Å². The summed E-state index contributed by atoms with van der Waals surface area (Å²) in [7, 11) is 1.60. The van der Waals surface area contributed by atoms with E-state index in [-0.39, 0.29) is 12.1 Å². The average molecular weight is 439 g/mol. The molecule has 0 aliphatic carbocycles. The van der Waals surface area contributed by atoms with Crippen LogP contribution in [0.5, 0.6) is 5.88 Å². The van der Waals surface area contributed by atoms with Crippen LogP contribution >= 0.6 is 0 Å². The van der Waals surface area contributed by atoms with Gasteiger partial charge in [-0.1, -0.05) is 6.07 Å². The van der Waals surface area contributed by atoms with Gasteiger partial charge >= 0.3 is 6.09 Å². The van der Waals surface area contributed by atoms with E-state index in [1.54, 1.807) is 22.7 Å². The SMILES string of the molecule is COc1nc(-c2cnn3ccccc23)nc(N[C@@H]2CCCN(C(=O)OC(C)(C)C)C2)c1C. The van der Waals surface area contributed by atoms with Crippen molar-refractivity contribution in [1.29, 1.82) is 0 Å². The van der Waals surface area contributed by atoms with Crippen LogP contribution < -0.4 is 10.1 Å². The Balaban J connectivity index is 1.59. The Bertz CT molecular complexity index is 1120. The summed E-state index contributed by atoms with van der Waals surface area (Å²) in [5, 5.41) is 7.91. The summed E-state index contributed by atoms with van der Waals surface area (Å²) in [5.41, 5.74) is 2.04. The maximum absolute atomic E-state index is 12.5. The monoisotopic (exact) mass is 438 g/mol. The predicted octanol–water partition coefficient (Wildman–Crippen LogP) is 3.92. The van der Waals surface area contributed by atoms with Crippen molar-refractivity contribution in [3.8, 4) is 17.3 Å². The van der Waals surface area contributed by atoms with Crippen LogP contribution in [0.2, 0.25) is 0 Å². The number of hydrogen-bond acceptors (Lipinski definition) is 7. The lowest BCUT2D eigenvalue weighted by Crippen LogP contribution is -2.47. The zero-order valence-electron chi connectivity index (χ0n) is 19.3. The number of hydrogen-bond donors (Lipinski definition) is 1. The molecule has 0 radical (unpaired) electrons. The van der Waals surface area contributed by atoms with E-state index in [4.69, 9.17) is 14.5 Å². The van der Waals surface area contributed by atoms with Gasteiger partial charge in [-0.15, -0.1) is 0 Å². The topological polar surface area (TPSA) is 93.9 Å². The smallest absolute Gasteiger partial charge is 0.410 e. The zero-order valence-corrected chi connectivity index (χ0v) is 19.3. The third-order valence-electron chi connectivity index (χ3n) is 5.38. The Morgan fingerprint density at radius 2 is 2.06 bits per heavy atom. The number of pyridine rings is 1. The molecule has 9 heteroatoms. The fourth-order valence-electron chi connectivity index (χ4n) is 3.84. The van der Waals surface area contributed by atoms with Crippen molar-refractivity contribution in [2.75, 3.05) is 25.5 Å². The van der Waals surface area contributed by atoms with Crippen molar-refractivity contribution in [3.63, 3.8) is 0 Å². The molecule has 1 amide bonds. The molecular weight excluding hydrogens is 408 g/mol. The van der Waals surface area contributed by atoms with E-state index in [0.717, 1.165) is 29.5 Å². The molecule has 1 aliphatic heterocycles. The normalized spacial score (nSPS) is 16.8. The Labute approximate surface area is 187 Å². The van der Waals surface area contributed by atoms with Gasteiger partial charge in [0.25, 0.3) is 0 Å². The van der Waals surface area contributed by atoms with Gasteiger partial charge in [-0.2, -0.15) is 10.1 Å². The molecule has 9 nitrogen and oxygen atoms in total. The minimum absolute atomic E-state index is 0.0475. The number of carbonyl (C=O) groups excluding carboxylic acids is 1. The molecule has 3 aromatic heterocycles. The van der Waals surface area contributed by atoms with Crippen LogP contribution in [0.3, 0.4) is 0 Å². The summed E-state index contributed by atoms with van der Waals surface area (Å²) < 4.78 is 12.9. The van der Waals surface area contributed by atoms with Crippen LogP contribution in [0, 0.1) is 6.92 Å². The molecule has 32 heavy (non-hydrogen) atoms. The van der Waals surface area contributed by atoms with Crippen molar-refractivity contribution in [1.82, 2.24) is 24.5 Å². The van der Waals surface area contributed by atoms with Crippen LogP contribution in [0.1, 0.15) is 39.2 Å². The lowest BCUT2D eigenvalue weighted by Gasteiger charge is -2.34. The number of rotatable bonds is 4.